The number of benzene rings is 2. The van der Waals surface area contributed by atoms with Gasteiger partial charge in [0.05, 0.1) is 19.4 Å². The van der Waals surface area contributed by atoms with Crippen LogP contribution >= 0.6 is 0 Å². The maximum absolute atomic E-state index is 13.4. The van der Waals surface area contributed by atoms with Gasteiger partial charge in [0.25, 0.3) is 0 Å². The highest BCUT2D eigenvalue weighted by Gasteiger charge is 2.58. The van der Waals surface area contributed by atoms with E-state index in [1.54, 1.807) is 31.2 Å². The van der Waals surface area contributed by atoms with Crippen LogP contribution in [-0.4, -0.2) is 29.3 Å². The van der Waals surface area contributed by atoms with Crippen molar-refractivity contribution in [1.82, 2.24) is 0 Å². The Morgan fingerprint density at radius 3 is 2.30 bits per heavy atom. The Kier molecular flexibility index (Phi) is 6.15. The quantitative estimate of drug-likeness (QED) is 0.289. The van der Waals surface area contributed by atoms with Gasteiger partial charge in [-0.2, -0.15) is 0 Å². The van der Waals surface area contributed by atoms with Gasteiger partial charge in [0.15, 0.2) is 5.78 Å². The van der Waals surface area contributed by atoms with Crippen molar-refractivity contribution in [2.45, 2.75) is 44.6 Å². The van der Waals surface area contributed by atoms with Crippen LogP contribution in [0.2, 0.25) is 0 Å². The Morgan fingerprint density at radius 1 is 1.10 bits per heavy atom. The summed E-state index contributed by atoms with van der Waals surface area (Å²) in [5.41, 5.74) is 1.89. The van der Waals surface area contributed by atoms with E-state index < -0.39 is 17.4 Å². The van der Waals surface area contributed by atoms with Crippen molar-refractivity contribution in [2.75, 3.05) is 7.11 Å². The fraction of sp³-hybridized carbons (Fsp3) is 0.333. The van der Waals surface area contributed by atoms with Crippen molar-refractivity contribution in [2.24, 2.45) is 0 Å². The minimum Gasteiger partial charge on any atom is -0.469 e. The number of esters is 1. The first-order valence-corrected chi connectivity index (χ1v) is 9.87. The van der Waals surface area contributed by atoms with E-state index in [1.165, 1.54) is 7.11 Å². The van der Waals surface area contributed by atoms with Crippen molar-refractivity contribution in [1.29, 1.82) is 0 Å². The van der Waals surface area contributed by atoms with Crippen LogP contribution in [0.1, 0.15) is 53.6 Å². The average molecular weight is 407 g/mol. The molecule has 2 aromatic rings. The standard InChI is InChI=1S/C24H25NO5/c1-16-9-11-18(12-10-16)22-21(23(27)19-7-5-4-6-8-19)17(2)15-24(22,25(28)29)14-13-20(26)30-3/h4-12,22H,13-15H2,1-3H3/t22-,24+/m0/s1. The third kappa shape index (κ3) is 3.90. The molecule has 0 heterocycles. The molecule has 0 amide bonds. The first-order chi connectivity index (χ1) is 14.3. The van der Waals surface area contributed by atoms with E-state index in [0.29, 0.717) is 22.3 Å². The minimum absolute atomic E-state index is 0.00583. The number of carbonyl (C=O) groups is 2. The van der Waals surface area contributed by atoms with Crippen LogP contribution in [0.4, 0.5) is 0 Å². The lowest BCUT2D eigenvalue weighted by atomic mass is 9.74. The van der Waals surface area contributed by atoms with Crippen LogP contribution in [0.5, 0.6) is 0 Å². The van der Waals surface area contributed by atoms with Gasteiger partial charge in [-0.25, -0.2) is 0 Å². The van der Waals surface area contributed by atoms with E-state index in [-0.39, 0.29) is 30.0 Å². The third-order valence-electron chi connectivity index (χ3n) is 5.90. The predicted molar refractivity (Wildman–Crippen MR) is 113 cm³/mol. The number of Topliss-reactive ketones (excluding diaryl/α,β-unsaturated/α-hetero) is 1. The molecule has 0 radical (unpaired) electrons. The van der Waals surface area contributed by atoms with Crippen molar-refractivity contribution >= 4 is 11.8 Å². The number of nitro groups is 1. The Hall–Kier alpha value is -3.28. The zero-order valence-corrected chi connectivity index (χ0v) is 17.4. The lowest BCUT2D eigenvalue weighted by Crippen LogP contribution is -2.43. The molecule has 1 aliphatic carbocycles. The second kappa shape index (κ2) is 8.61. The highest BCUT2D eigenvalue weighted by atomic mass is 16.6. The number of ether oxygens (including phenoxy) is 1. The van der Waals surface area contributed by atoms with Gasteiger partial charge in [-0.3, -0.25) is 19.7 Å². The molecule has 0 spiro atoms. The molecule has 0 saturated carbocycles. The Morgan fingerprint density at radius 2 is 1.73 bits per heavy atom. The van der Waals surface area contributed by atoms with E-state index in [1.807, 2.05) is 37.3 Å². The Balaban J connectivity index is 2.14. The SMILES string of the molecule is COC(=O)CC[C@@]1([N+](=O)[O-])CC(C)=C(C(=O)c2ccccc2)[C@@H]1c1ccc(C)cc1. The first kappa shape index (κ1) is 21.4. The lowest BCUT2D eigenvalue weighted by Gasteiger charge is -2.29. The zero-order valence-electron chi connectivity index (χ0n) is 17.4. The van der Waals surface area contributed by atoms with Crippen molar-refractivity contribution in [3.8, 4) is 0 Å². The number of nitrogens with zero attached hydrogens (tertiary/aromatic N) is 1. The summed E-state index contributed by atoms with van der Waals surface area (Å²) in [6, 6.07) is 16.3. The van der Waals surface area contributed by atoms with E-state index in [2.05, 4.69) is 0 Å². The predicted octanol–water partition coefficient (Wildman–Crippen LogP) is 4.65. The van der Waals surface area contributed by atoms with Crippen LogP contribution in [0, 0.1) is 17.0 Å². The molecule has 0 N–H and O–H groups in total. The van der Waals surface area contributed by atoms with E-state index >= 15 is 0 Å². The van der Waals surface area contributed by atoms with Gasteiger partial charge in [0.2, 0.25) is 5.54 Å². The van der Waals surface area contributed by atoms with Crippen molar-refractivity contribution < 1.29 is 19.2 Å². The molecule has 30 heavy (non-hydrogen) atoms. The fourth-order valence-electron chi connectivity index (χ4n) is 4.39. The number of hydrogen-bond donors (Lipinski definition) is 0. The molecule has 2 atom stereocenters. The van der Waals surface area contributed by atoms with Crippen LogP contribution in [-0.2, 0) is 9.53 Å². The van der Waals surface area contributed by atoms with Crippen molar-refractivity contribution in [3.63, 3.8) is 0 Å². The van der Waals surface area contributed by atoms with Gasteiger partial charge in [-0.1, -0.05) is 65.7 Å². The van der Waals surface area contributed by atoms with Crippen LogP contribution in [0.3, 0.4) is 0 Å². The van der Waals surface area contributed by atoms with Gasteiger partial charge in [-0.15, -0.1) is 0 Å². The molecule has 0 aromatic heterocycles. The molecule has 1 aliphatic rings. The maximum Gasteiger partial charge on any atom is 0.305 e. The molecule has 0 aliphatic heterocycles. The molecule has 3 rings (SSSR count). The molecular formula is C24H25NO5. The molecule has 156 valence electrons. The monoisotopic (exact) mass is 407 g/mol. The van der Waals surface area contributed by atoms with E-state index in [4.69, 9.17) is 4.74 Å². The van der Waals surface area contributed by atoms with Gasteiger partial charge in [0, 0.05) is 28.9 Å². The summed E-state index contributed by atoms with van der Waals surface area (Å²) in [4.78, 5) is 37.4. The smallest absolute Gasteiger partial charge is 0.305 e. The largest absolute Gasteiger partial charge is 0.469 e. The normalized spacial score (nSPS) is 20.8. The number of ketones is 1. The Bertz CT molecular complexity index is 994. The van der Waals surface area contributed by atoms with Crippen LogP contribution in [0.25, 0.3) is 0 Å². The molecule has 6 nitrogen and oxygen atoms in total. The minimum atomic E-state index is -1.48. The zero-order chi connectivity index (χ0) is 21.9. The number of aryl methyl sites for hydroxylation is 1. The average Bonchev–Trinajstić information content (AvgIpc) is 3.06. The number of methoxy groups -OCH3 is 1. The highest BCUT2D eigenvalue weighted by Crippen LogP contribution is 2.51. The number of carbonyl (C=O) groups excluding carboxylic acids is 2. The maximum atomic E-state index is 13.4. The molecule has 2 aromatic carbocycles. The number of hydrogen-bond acceptors (Lipinski definition) is 5. The molecule has 0 bridgehead atoms. The summed E-state index contributed by atoms with van der Waals surface area (Å²) in [6.45, 7) is 3.72. The summed E-state index contributed by atoms with van der Waals surface area (Å²) < 4.78 is 4.72. The lowest BCUT2D eigenvalue weighted by molar-refractivity contribution is -0.572. The van der Waals surface area contributed by atoms with Gasteiger partial charge in [0.1, 0.15) is 0 Å². The van der Waals surface area contributed by atoms with Crippen LogP contribution < -0.4 is 0 Å². The summed E-state index contributed by atoms with van der Waals surface area (Å²) in [5.74, 6) is -1.45. The summed E-state index contributed by atoms with van der Waals surface area (Å²) in [5, 5.41) is 12.4. The van der Waals surface area contributed by atoms with Gasteiger partial charge >= 0.3 is 5.97 Å². The van der Waals surface area contributed by atoms with E-state index in [0.717, 1.165) is 5.56 Å². The second-order valence-electron chi connectivity index (χ2n) is 7.85. The van der Waals surface area contributed by atoms with Gasteiger partial charge < -0.3 is 4.74 Å². The van der Waals surface area contributed by atoms with E-state index in [9.17, 15) is 19.7 Å². The second-order valence-corrected chi connectivity index (χ2v) is 7.85. The van der Waals surface area contributed by atoms with Crippen LogP contribution in [0.15, 0.2) is 65.7 Å². The summed E-state index contributed by atoms with van der Waals surface area (Å²) in [6.07, 6.45) is 0.0253. The van der Waals surface area contributed by atoms with Crippen molar-refractivity contribution in [3.05, 3.63) is 92.5 Å². The number of rotatable bonds is 7. The fourth-order valence-corrected chi connectivity index (χ4v) is 4.39. The summed E-state index contributed by atoms with van der Waals surface area (Å²) in [7, 11) is 1.27. The molecular weight excluding hydrogens is 382 g/mol. The molecule has 0 saturated heterocycles. The molecule has 6 heteroatoms. The van der Waals surface area contributed by atoms with Gasteiger partial charge in [-0.05, 0) is 19.4 Å². The first-order valence-electron chi connectivity index (χ1n) is 9.87. The molecule has 0 fully saturated rings. The molecule has 0 unspecified atom stereocenters. The summed E-state index contributed by atoms with van der Waals surface area (Å²) >= 11 is 0. The third-order valence-corrected chi connectivity index (χ3v) is 5.90. The topological polar surface area (TPSA) is 86.5 Å². The highest BCUT2D eigenvalue weighted by molar-refractivity contribution is 6.10. The Labute approximate surface area is 175 Å².